The summed E-state index contributed by atoms with van der Waals surface area (Å²) < 4.78 is 1.34. The van der Waals surface area contributed by atoms with Gasteiger partial charge in [-0.3, -0.25) is 14.2 Å². The van der Waals surface area contributed by atoms with Crippen molar-refractivity contribution in [2.45, 2.75) is 19.5 Å². The van der Waals surface area contributed by atoms with E-state index in [1.165, 1.54) is 10.9 Å². The third-order valence-electron chi connectivity index (χ3n) is 4.36. The minimum absolute atomic E-state index is 0.0505. The van der Waals surface area contributed by atoms with Gasteiger partial charge in [-0.05, 0) is 36.8 Å². The van der Waals surface area contributed by atoms with Crippen LogP contribution in [0.5, 0.6) is 0 Å². The zero-order valence-corrected chi connectivity index (χ0v) is 14.8. The molecule has 0 aliphatic rings. The van der Waals surface area contributed by atoms with Crippen LogP contribution in [0, 0.1) is 0 Å². The Morgan fingerprint density at radius 3 is 2.60 bits per heavy atom. The fraction of sp³-hybridized carbons (Fsp3) is 0.211. The van der Waals surface area contributed by atoms with Crippen LogP contribution in [0.15, 0.2) is 59.7 Å². The van der Waals surface area contributed by atoms with Crippen molar-refractivity contribution >= 4 is 28.4 Å². The average Bonchev–Trinajstić information content (AvgIpc) is 2.63. The average molecular weight is 356 g/mol. The second-order valence-corrected chi connectivity index (χ2v) is 6.36. The highest BCUT2D eigenvalue weighted by Gasteiger charge is 2.18. The van der Waals surface area contributed by atoms with Gasteiger partial charge in [0.25, 0.3) is 5.56 Å². The standard InChI is InChI=1S/C19H18ClN3O2/c1-13(14-7-9-15(20)10-8-14)22(2)18(24)11-23-12-21-17-6-4-3-5-16(17)19(23)25/h3-10,12-13H,11H2,1-2H3. The number of carbonyl (C=O) groups excluding carboxylic acids is 1. The van der Waals surface area contributed by atoms with Crippen LogP contribution in [0.4, 0.5) is 0 Å². The van der Waals surface area contributed by atoms with Crippen molar-refractivity contribution in [2.24, 2.45) is 0 Å². The second kappa shape index (κ2) is 7.07. The Balaban J connectivity index is 1.80. The van der Waals surface area contributed by atoms with Gasteiger partial charge >= 0.3 is 0 Å². The van der Waals surface area contributed by atoms with E-state index in [1.54, 1.807) is 42.3 Å². The van der Waals surface area contributed by atoms with Gasteiger partial charge in [-0.15, -0.1) is 0 Å². The number of halogens is 1. The van der Waals surface area contributed by atoms with Crippen LogP contribution in [-0.2, 0) is 11.3 Å². The molecule has 6 heteroatoms. The molecule has 1 aromatic heterocycles. The molecule has 1 heterocycles. The van der Waals surface area contributed by atoms with Crippen LogP contribution in [0.1, 0.15) is 18.5 Å². The van der Waals surface area contributed by atoms with Crippen molar-refractivity contribution in [2.75, 3.05) is 7.05 Å². The van der Waals surface area contributed by atoms with E-state index < -0.39 is 0 Å². The molecule has 25 heavy (non-hydrogen) atoms. The maximum atomic E-state index is 12.6. The molecule has 1 atom stereocenters. The molecule has 0 bridgehead atoms. The van der Waals surface area contributed by atoms with E-state index in [1.807, 2.05) is 25.1 Å². The number of likely N-dealkylation sites (N-methyl/N-ethyl adjacent to an activating group) is 1. The fourth-order valence-corrected chi connectivity index (χ4v) is 2.78. The quantitative estimate of drug-likeness (QED) is 0.721. The van der Waals surface area contributed by atoms with Gasteiger partial charge in [-0.2, -0.15) is 0 Å². The van der Waals surface area contributed by atoms with Gasteiger partial charge in [0.15, 0.2) is 0 Å². The molecule has 0 radical (unpaired) electrons. The summed E-state index contributed by atoms with van der Waals surface area (Å²) in [6, 6.07) is 14.3. The van der Waals surface area contributed by atoms with Gasteiger partial charge in [-0.1, -0.05) is 35.9 Å². The number of fused-ring (bicyclic) bond motifs is 1. The lowest BCUT2D eigenvalue weighted by molar-refractivity contribution is -0.132. The Morgan fingerprint density at radius 1 is 1.20 bits per heavy atom. The Labute approximate surface area is 150 Å². The second-order valence-electron chi connectivity index (χ2n) is 5.93. The maximum Gasteiger partial charge on any atom is 0.261 e. The summed E-state index contributed by atoms with van der Waals surface area (Å²) in [6.45, 7) is 1.88. The van der Waals surface area contributed by atoms with Crippen LogP contribution in [-0.4, -0.2) is 27.4 Å². The first kappa shape index (κ1) is 17.2. The molecule has 0 aliphatic carbocycles. The summed E-state index contributed by atoms with van der Waals surface area (Å²) in [7, 11) is 1.72. The van der Waals surface area contributed by atoms with Gasteiger partial charge in [0.2, 0.25) is 5.91 Å². The van der Waals surface area contributed by atoms with E-state index in [-0.39, 0.29) is 24.1 Å². The highest BCUT2D eigenvalue weighted by molar-refractivity contribution is 6.30. The Bertz CT molecular complexity index is 966. The molecule has 0 fully saturated rings. The highest BCUT2D eigenvalue weighted by atomic mass is 35.5. The van der Waals surface area contributed by atoms with Crippen LogP contribution in [0.25, 0.3) is 10.9 Å². The minimum Gasteiger partial charge on any atom is -0.337 e. The summed E-state index contributed by atoms with van der Waals surface area (Å²) in [5.41, 5.74) is 1.38. The lowest BCUT2D eigenvalue weighted by Crippen LogP contribution is -2.35. The largest absolute Gasteiger partial charge is 0.337 e. The van der Waals surface area contributed by atoms with E-state index >= 15 is 0 Å². The van der Waals surface area contributed by atoms with Gasteiger partial charge in [0, 0.05) is 12.1 Å². The van der Waals surface area contributed by atoms with E-state index in [4.69, 9.17) is 11.6 Å². The number of nitrogens with zero attached hydrogens (tertiary/aromatic N) is 3. The minimum atomic E-state index is -0.216. The van der Waals surface area contributed by atoms with Crippen molar-refractivity contribution in [3.63, 3.8) is 0 Å². The van der Waals surface area contributed by atoms with Crippen molar-refractivity contribution in [3.8, 4) is 0 Å². The third kappa shape index (κ3) is 3.56. The van der Waals surface area contributed by atoms with Gasteiger partial charge < -0.3 is 4.90 Å². The molecule has 0 aliphatic heterocycles. The van der Waals surface area contributed by atoms with E-state index in [0.29, 0.717) is 15.9 Å². The Morgan fingerprint density at radius 2 is 1.88 bits per heavy atom. The van der Waals surface area contributed by atoms with E-state index in [9.17, 15) is 9.59 Å². The summed E-state index contributed by atoms with van der Waals surface area (Å²) in [6.07, 6.45) is 1.42. The number of hydrogen-bond donors (Lipinski definition) is 0. The molecule has 1 unspecified atom stereocenters. The van der Waals surface area contributed by atoms with Gasteiger partial charge in [0.05, 0.1) is 23.3 Å². The summed E-state index contributed by atoms with van der Waals surface area (Å²) in [5.74, 6) is -0.165. The maximum absolute atomic E-state index is 12.6. The molecule has 1 amide bonds. The molecule has 128 valence electrons. The monoisotopic (exact) mass is 355 g/mol. The Hall–Kier alpha value is -2.66. The Kier molecular flexibility index (Phi) is 4.86. The first-order valence-corrected chi connectivity index (χ1v) is 8.30. The molecule has 2 aromatic carbocycles. The van der Waals surface area contributed by atoms with Crippen molar-refractivity contribution < 1.29 is 4.79 Å². The molecular formula is C19H18ClN3O2. The number of amides is 1. The zero-order valence-electron chi connectivity index (χ0n) is 14.0. The lowest BCUT2D eigenvalue weighted by Gasteiger charge is -2.25. The number of benzene rings is 2. The summed E-state index contributed by atoms with van der Waals surface area (Å²) >= 11 is 5.91. The number of hydrogen-bond acceptors (Lipinski definition) is 3. The number of rotatable bonds is 4. The SMILES string of the molecule is CC(c1ccc(Cl)cc1)N(C)C(=O)Cn1cnc2ccccc2c1=O. The molecule has 0 saturated carbocycles. The topological polar surface area (TPSA) is 55.2 Å². The smallest absolute Gasteiger partial charge is 0.261 e. The van der Waals surface area contributed by atoms with Gasteiger partial charge in [0.1, 0.15) is 6.54 Å². The predicted molar refractivity (Wildman–Crippen MR) is 98.6 cm³/mol. The van der Waals surface area contributed by atoms with Crippen molar-refractivity contribution in [3.05, 3.63) is 75.8 Å². The molecule has 5 nitrogen and oxygen atoms in total. The van der Waals surface area contributed by atoms with Crippen molar-refractivity contribution in [1.82, 2.24) is 14.5 Å². The van der Waals surface area contributed by atoms with E-state index in [2.05, 4.69) is 4.98 Å². The summed E-state index contributed by atoms with van der Waals surface area (Å²) in [4.78, 5) is 31.0. The number of aromatic nitrogens is 2. The van der Waals surface area contributed by atoms with Crippen LogP contribution in [0.2, 0.25) is 5.02 Å². The van der Waals surface area contributed by atoms with E-state index in [0.717, 1.165) is 5.56 Å². The zero-order chi connectivity index (χ0) is 18.0. The van der Waals surface area contributed by atoms with Crippen LogP contribution < -0.4 is 5.56 Å². The summed E-state index contributed by atoms with van der Waals surface area (Å²) in [5, 5.41) is 1.16. The number of para-hydroxylation sites is 1. The predicted octanol–water partition coefficient (Wildman–Crippen LogP) is 3.27. The third-order valence-corrected chi connectivity index (χ3v) is 4.62. The molecular weight excluding hydrogens is 338 g/mol. The lowest BCUT2D eigenvalue weighted by atomic mass is 10.1. The van der Waals surface area contributed by atoms with Crippen molar-refractivity contribution in [1.29, 1.82) is 0 Å². The van der Waals surface area contributed by atoms with Gasteiger partial charge in [-0.25, -0.2) is 4.98 Å². The first-order chi connectivity index (χ1) is 12.0. The molecule has 3 aromatic rings. The fourth-order valence-electron chi connectivity index (χ4n) is 2.66. The first-order valence-electron chi connectivity index (χ1n) is 7.92. The number of carbonyl (C=O) groups is 1. The van der Waals surface area contributed by atoms with Crippen LogP contribution in [0.3, 0.4) is 0 Å². The molecule has 0 spiro atoms. The molecule has 0 N–H and O–H groups in total. The normalized spacial score (nSPS) is 12.1. The molecule has 3 rings (SSSR count). The molecule has 0 saturated heterocycles. The highest BCUT2D eigenvalue weighted by Crippen LogP contribution is 2.21. The van der Waals surface area contributed by atoms with Crippen LogP contribution >= 0.6 is 11.6 Å².